The van der Waals surface area contributed by atoms with Crippen LogP contribution in [-0.4, -0.2) is 18.4 Å². The fourth-order valence-electron chi connectivity index (χ4n) is 3.13. The maximum atomic E-state index is 13.5. The lowest BCUT2D eigenvalue weighted by Gasteiger charge is -2.23. The lowest BCUT2D eigenvalue weighted by molar-refractivity contribution is -0.104. The summed E-state index contributed by atoms with van der Waals surface area (Å²) in [5, 5.41) is 0. The number of carbonyl (C=O) groups is 1. The van der Waals surface area contributed by atoms with E-state index in [4.69, 9.17) is 9.72 Å². The van der Waals surface area contributed by atoms with Crippen molar-refractivity contribution < 1.29 is 13.9 Å². The van der Waals surface area contributed by atoms with Crippen LogP contribution in [0, 0.1) is 5.82 Å². The first kappa shape index (κ1) is 20.0. The lowest BCUT2D eigenvalue weighted by atomic mass is 9.87. The molecule has 0 amide bonds. The number of allylic oxidation sites excluding steroid dienone is 1. The summed E-state index contributed by atoms with van der Waals surface area (Å²) >= 11 is 0. The quantitative estimate of drug-likeness (QED) is 0.487. The monoisotopic (exact) mass is 355 g/mol. The molecule has 0 unspecified atom stereocenters. The Morgan fingerprint density at radius 3 is 2.19 bits per heavy atom. The summed E-state index contributed by atoms with van der Waals surface area (Å²) in [5.41, 5.74) is 5.59. The number of hydrogen-bond donors (Lipinski definition) is 0. The van der Waals surface area contributed by atoms with Crippen molar-refractivity contribution in [3.8, 4) is 11.1 Å². The van der Waals surface area contributed by atoms with E-state index in [1.807, 2.05) is 0 Å². The zero-order chi connectivity index (χ0) is 19.3. The second-order valence-electron chi connectivity index (χ2n) is 6.89. The van der Waals surface area contributed by atoms with Crippen LogP contribution in [0.2, 0.25) is 0 Å². The Morgan fingerprint density at radius 1 is 1.08 bits per heavy atom. The normalized spacial score (nSPS) is 11.7. The Balaban J connectivity index is 2.94. The van der Waals surface area contributed by atoms with Crippen LogP contribution >= 0.6 is 0 Å². The van der Waals surface area contributed by atoms with E-state index in [1.54, 1.807) is 25.3 Å². The van der Waals surface area contributed by atoms with Crippen molar-refractivity contribution in [2.24, 2.45) is 0 Å². The minimum absolute atomic E-state index is 0.176. The second kappa shape index (κ2) is 8.86. The molecule has 1 aromatic carbocycles. The van der Waals surface area contributed by atoms with Crippen molar-refractivity contribution in [2.75, 3.05) is 7.11 Å². The highest BCUT2D eigenvalue weighted by Gasteiger charge is 2.22. The first-order valence-electron chi connectivity index (χ1n) is 8.84. The van der Waals surface area contributed by atoms with E-state index >= 15 is 0 Å². The molecule has 138 valence electrons. The van der Waals surface area contributed by atoms with E-state index in [2.05, 4.69) is 27.7 Å². The van der Waals surface area contributed by atoms with Crippen molar-refractivity contribution in [3.05, 3.63) is 58.7 Å². The zero-order valence-corrected chi connectivity index (χ0v) is 16.0. The van der Waals surface area contributed by atoms with Crippen molar-refractivity contribution in [2.45, 2.75) is 46.1 Å². The van der Waals surface area contributed by atoms with E-state index in [0.29, 0.717) is 6.61 Å². The predicted octanol–water partition coefficient (Wildman–Crippen LogP) is 5.49. The number of nitrogens with zero attached hydrogens (tertiary/aromatic N) is 1. The first-order chi connectivity index (χ1) is 12.4. The Bertz CT molecular complexity index is 793. The summed E-state index contributed by atoms with van der Waals surface area (Å²) < 4.78 is 18.9. The van der Waals surface area contributed by atoms with Gasteiger partial charge in [-0.3, -0.25) is 9.78 Å². The van der Waals surface area contributed by atoms with Gasteiger partial charge in [-0.15, -0.1) is 0 Å². The van der Waals surface area contributed by atoms with E-state index in [9.17, 15) is 9.18 Å². The maximum Gasteiger partial charge on any atom is 0.142 e. The molecule has 0 aliphatic heterocycles. The molecule has 0 saturated carbocycles. The van der Waals surface area contributed by atoms with Crippen molar-refractivity contribution in [3.63, 3.8) is 0 Å². The summed E-state index contributed by atoms with van der Waals surface area (Å²) in [6, 6.07) is 6.42. The Kier molecular flexibility index (Phi) is 6.81. The van der Waals surface area contributed by atoms with Gasteiger partial charge in [-0.2, -0.15) is 0 Å². The number of halogens is 1. The standard InChI is InChI=1S/C22H26FNO2/c1-14(2)21-18(7-6-12-25)20(16-8-10-17(23)11-9-16)19(13-26-5)22(24-21)15(3)4/h6-12,14-15H,13H2,1-5H3. The molecule has 26 heavy (non-hydrogen) atoms. The smallest absolute Gasteiger partial charge is 0.142 e. The van der Waals surface area contributed by atoms with Crippen LogP contribution in [0.5, 0.6) is 0 Å². The van der Waals surface area contributed by atoms with Gasteiger partial charge in [-0.05, 0) is 47.2 Å². The molecule has 0 bridgehead atoms. The molecule has 4 heteroatoms. The van der Waals surface area contributed by atoms with Gasteiger partial charge in [0.05, 0.1) is 12.3 Å². The Labute approximate surface area is 154 Å². The molecule has 0 saturated heterocycles. The van der Waals surface area contributed by atoms with Crippen molar-refractivity contribution in [1.29, 1.82) is 0 Å². The number of hydrogen-bond acceptors (Lipinski definition) is 3. The van der Waals surface area contributed by atoms with Gasteiger partial charge in [0.1, 0.15) is 12.1 Å². The summed E-state index contributed by atoms with van der Waals surface area (Å²) in [7, 11) is 1.65. The molecule has 0 N–H and O–H groups in total. The summed E-state index contributed by atoms with van der Waals surface area (Å²) in [6.07, 6.45) is 4.02. The highest BCUT2D eigenvalue weighted by atomic mass is 19.1. The molecular formula is C22H26FNO2. The Hall–Kier alpha value is -2.33. The molecule has 3 nitrogen and oxygen atoms in total. The van der Waals surface area contributed by atoms with Crippen LogP contribution in [0.25, 0.3) is 17.2 Å². The maximum absolute atomic E-state index is 13.5. The van der Waals surface area contributed by atoms with Gasteiger partial charge in [-0.1, -0.05) is 39.8 Å². The molecule has 1 heterocycles. The fraction of sp³-hybridized carbons (Fsp3) is 0.364. The molecular weight excluding hydrogens is 329 g/mol. The van der Waals surface area contributed by atoms with Crippen LogP contribution in [0.15, 0.2) is 30.3 Å². The number of benzene rings is 1. The van der Waals surface area contributed by atoms with Gasteiger partial charge in [-0.25, -0.2) is 4.39 Å². The highest BCUT2D eigenvalue weighted by molar-refractivity contribution is 5.84. The van der Waals surface area contributed by atoms with Crippen LogP contribution in [0.4, 0.5) is 4.39 Å². The van der Waals surface area contributed by atoms with E-state index in [1.165, 1.54) is 18.2 Å². The van der Waals surface area contributed by atoms with Gasteiger partial charge in [0.15, 0.2) is 0 Å². The minimum atomic E-state index is -0.283. The van der Waals surface area contributed by atoms with Crippen molar-refractivity contribution in [1.82, 2.24) is 4.98 Å². The van der Waals surface area contributed by atoms with Crippen LogP contribution in [0.1, 0.15) is 62.0 Å². The number of methoxy groups -OCH3 is 1. The lowest BCUT2D eigenvalue weighted by Crippen LogP contribution is -2.11. The van der Waals surface area contributed by atoms with E-state index < -0.39 is 0 Å². The number of aromatic nitrogens is 1. The average Bonchev–Trinajstić information content (AvgIpc) is 2.60. The molecule has 2 rings (SSSR count). The summed E-state index contributed by atoms with van der Waals surface area (Å²) in [6.45, 7) is 8.75. The van der Waals surface area contributed by atoms with Gasteiger partial charge in [0.2, 0.25) is 0 Å². The molecule has 0 aliphatic carbocycles. The van der Waals surface area contributed by atoms with Gasteiger partial charge < -0.3 is 4.74 Å². The SMILES string of the molecule is COCc1c(C(C)C)nc(C(C)C)c(C=CC=O)c1-c1ccc(F)cc1. The molecule has 0 atom stereocenters. The average molecular weight is 355 g/mol. The van der Waals surface area contributed by atoms with Crippen molar-refractivity contribution >= 4 is 12.4 Å². The third kappa shape index (κ3) is 4.25. The van der Waals surface area contributed by atoms with Crippen LogP contribution in [0.3, 0.4) is 0 Å². The number of pyridine rings is 1. The predicted molar refractivity (Wildman–Crippen MR) is 104 cm³/mol. The Morgan fingerprint density at radius 2 is 1.69 bits per heavy atom. The van der Waals surface area contributed by atoms with Gasteiger partial charge in [0, 0.05) is 23.9 Å². The number of ether oxygens (including phenoxy) is 1. The minimum Gasteiger partial charge on any atom is -0.380 e. The number of rotatable bonds is 7. The van der Waals surface area contributed by atoms with E-state index in [0.717, 1.165) is 39.9 Å². The summed E-state index contributed by atoms with van der Waals surface area (Å²) in [4.78, 5) is 15.9. The molecule has 1 aromatic heterocycles. The van der Waals surface area contributed by atoms with E-state index in [-0.39, 0.29) is 17.7 Å². The molecule has 0 aliphatic rings. The first-order valence-corrected chi connectivity index (χ1v) is 8.84. The number of aldehydes is 1. The largest absolute Gasteiger partial charge is 0.380 e. The summed E-state index contributed by atoms with van der Waals surface area (Å²) in [5.74, 6) is 0.102. The molecule has 0 radical (unpaired) electrons. The second-order valence-corrected chi connectivity index (χ2v) is 6.89. The third-order valence-corrected chi connectivity index (χ3v) is 4.25. The highest BCUT2D eigenvalue weighted by Crippen LogP contribution is 2.37. The number of carbonyl (C=O) groups excluding carboxylic acids is 1. The topological polar surface area (TPSA) is 39.2 Å². The molecule has 2 aromatic rings. The van der Waals surface area contributed by atoms with Crippen LogP contribution in [-0.2, 0) is 16.1 Å². The molecule has 0 spiro atoms. The zero-order valence-electron chi connectivity index (χ0n) is 16.0. The van der Waals surface area contributed by atoms with Crippen LogP contribution < -0.4 is 0 Å². The third-order valence-electron chi connectivity index (χ3n) is 4.25. The van der Waals surface area contributed by atoms with Gasteiger partial charge in [0.25, 0.3) is 0 Å². The van der Waals surface area contributed by atoms with Gasteiger partial charge >= 0.3 is 0 Å². The molecule has 0 fully saturated rings. The fourth-order valence-corrected chi connectivity index (χ4v) is 3.13.